The third-order valence-electron chi connectivity index (χ3n) is 3.37. The van der Waals surface area contributed by atoms with Gasteiger partial charge in [0, 0.05) is 12.1 Å². The summed E-state index contributed by atoms with van der Waals surface area (Å²) in [6.45, 7) is 0. The van der Waals surface area contributed by atoms with Crippen LogP contribution < -0.4 is 5.32 Å². The Balaban J connectivity index is 1.83. The van der Waals surface area contributed by atoms with Crippen LogP contribution in [0.4, 0.5) is 10.1 Å². The Morgan fingerprint density at radius 3 is 2.91 bits per heavy atom. The van der Waals surface area contributed by atoms with Gasteiger partial charge in [0.15, 0.2) is 0 Å². The van der Waals surface area contributed by atoms with Gasteiger partial charge in [-0.05, 0) is 29.8 Å². The van der Waals surface area contributed by atoms with Crippen molar-refractivity contribution in [1.82, 2.24) is 9.97 Å². The third kappa shape index (κ3) is 3.35. The Labute approximate surface area is 131 Å². The molecule has 0 bridgehead atoms. The lowest BCUT2D eigenvalue weighted by atomic mass is 10.1. The molecule has 6 heteroatoms. The molecule has 0 aliphatic rings. The van der Waals surface area contributed by atoms with Crippen LogP contribution in [0.15, 0.2) is 42.5 Å². The van der Waals surface area contributed by atoms with E-state index in [0.29, 0.717) is 23.5 Å². The number of halogens is 1. The SMILES string of the molecule is N#CCC(=O)Nc1ccc2nc(Cc3ccccc3F)[nH]c2c1. The number of rotatable bonds is 4. The number of imidazole rings is 1. The van der Waals surface area contributed by atoms with Crippen molar-refractivity contribution in [2.75, 3.05) is 5.32 Å². The van der Waals surface area contributed by atoms with Gasteiger partial charge >= 0.3 is 0 Å². The first-order valence-corrected chi connectivity index (χ1v) is 7.04. The minimum Gasteiger partial charge on any atom is -0.342 e. The molecule has 0 saturated carbocycles. The number of hydrogen-bond donors (Lipinski definition) is 2. The molecule has 0 aliphatic heterocycles. The summed E-state index contributed by atoms with van der Waals surface area (Å²) in [4.78, 5) is 19.0. The van der Waals surface area contributed by atoms with Crippen molar-refractivity contribution < 1.29 is 9.18 Å². The van der Waals surface area contributed by atoms with Crippen molar-refractivity contribution in [2.24, 2.45) is 0 Å². The summed E-state index contributed by atoms with van der Waals surface area (Å²) in [7, 11) is 0. The number of anilines is 1. The lowest BCUT2D eigenvalue weighted by Gasteiger charge is -2.01. The summed E-state index contributed by atoms with van der Waals surface area (Å²) in [6, 6.07) is 13.6. The molecule has 0 aliphatic carbocycles. The number of H-pyrrole nitrogens is 1. The average Bonchev–Trinajstić information content (AvgIpc) is 2.91. The fourth-order valence-electron chi connectivity index (χ4n) is 2.32. The van der Waals surface area contributed by atoms with Crippen molar-refractivity contribution in [2.45, 2.75) is 12.8 Å². The molecule has 1 amide bonds. The van der Waals surface area contributed by atoms with Crippen molar-refractivity contribution in [3.63, 3.8) is 0 Å². The number of nitriles is 1. The van der Waals surface area contributed by atoms with Gasteiger partial charge in [-0.1, -0.05) is 18.2 Å². The molecule has 0 spiro atoms. The summed E-state index contributed by atoms with van der Waals surface area (Å²) in [5.41, 5.74) is 2.62. The van der Waals surface area contributed by atoms with Crippen LogP contribution >= 0.6 is 0 Å². The topological polar surface area (TPSA) is 81.6 Å². The number of aromatic amines is 1. The molecule has 0 atom stereocenters. The van der Waals surface area contributed by atoms with Crippen molar-refractivity contribution >= 4 is 22.6 Å². The van der Waals surface area contributed by atoms with Crippen LogP contribution in [0.25, 0.3) is 11.0 Å². The van der Waals surface area contributed by atoms with E-state index in [4.69, 9.17) is 5.26 Å². The van der Waals surface area contributed by atoms with E-state index < -0.39 is 0 Å². The minimum absolute atomic E-state index is 0.195. The number of fused-ring (bicyclic) bond motifs is 1. The van der Waals surface area contributed by atoms with Crippen molar-refractivity contribution in [1.29, 1.82) is 5.26 Å². The fraction of sp³-hybridized carbons (Fsp3) is 0.118. The summed E-state index contributed by atoms with van der Waals surface area (Å²) < 4.78 is 13.7. The summed E-state index contributed by atoms with van der Waals surface area (Å²) >= 11 is 0. The highest BCUT2D eigenvalue weighted by molar-refractivity contribution is 5.94. The maximum Gasteiger partial charge on any atom is 0.238 e. The van der Waals surface area contributed by atoms with Crippen LogP contribution in [-0.2, 0) is 11.2 Å². The number of aromatic nitrogens is 2. The number of carbonyl (C=O) groups excluding carboxylic acids is 1. The first kappa shape index (κ1) is 14.7. The van der Waals surface area contributed by atoms with E-state index >= 15 is 0 Å². The molecule has 2 N–H and O–H groups in total. The zero-order chi connectivity index (χ0) is 16.2. The lowest BCUT2D eigenvalue weighted by molar-refractivity contribution is -0.115. The molecule has 114 valence electrons. The van der Waals surface area contributed by atoms with Crippen LogP contribution in [0.3, 0.4) is 0 Å². The zero-order valence-electron chi connectivity index (χ0n) is 12.1. The van der Waals surface area contributed by atoms with Gasteiger partial charge in [0.25, 0.3) is 0 Å². The van der Waals surface area contributed by atoms with Gasteiger partial charge in [0.1, 0.15) is 18.1 Å². The first-order valence-electron chi connectivity index (χ1n) is 7.04. The average molecular weight is 308 g/mol. The lowest BCUT2D eigenvalue weighted by Crippen LogP contribution is -2.09. The van der Waals surface area contributed by atoms with Crippen LogP contribution in [0.1, 0.15) is 17.8 Å². The smallest absolute Gasteiger partial charge is 0.238 e. The highest BCUT2D eigenvalue weighted by Crippen LogP contribution is 2.19. The van der Waals surface area contributed by atoms with E-state index in [-0.39, 0.29) is 18.1 Å². The Morgan fingerprint density at radius 1 is 1.30 bits per heavy atom. The van der Waals surface area contributed by atoms with Gasteiger partial charge in [0.2, 0.25) is 5.91 Å². The monoisotopic (exact) mass is 308 g/mol. The molecule has 0 fully saturated rings. The molecule has 3 rings (SSSR count). The number of benzene rings is 2. The number of hydrogen-bond acceptors (Lipinski definition) is 3. The number of nitrogens with one attached hydrogen (secondary N) is 2. The number of amides is 1. The van der Waals surface area contributed by atoms with Crippen LogP contribution in [0, 0.1) is 17.1 Å². The van der Waals surface area contributed by atoms with Crippen LogP contribution in [-0.4, -0.2) is 15.9 Å². The molecular formula is C17H13FN4O. The Bertz CT molecular complexity index is 910. The second-order valence-electron chi connectivity index (χ2n) is 5.07. The predicted molar refractivity (Wildman–Crippen MR) is 84.2 cm³/mol. The fourth-order valence-corrected chi connectivity index (χ4v) is 2.32. The van der Waals surface area contributed by atoms with Crippen LogP contribution in [0.5, 0.6) is 0 Å². The molecular weight excluding hydrogens is 295 g/mol. The van der Waals surface area contributed by atoms with Gasteiger partial charge < -0.3 is 10.3 Å². The molecule has 5 nitrogen and oxygen atoms in total. The molecule has 23 heavy (non-hydrogen) atoms. The Morgan fingerprint density at radius 2 is 2.13 bits per heavy atom. The van der Waals surface area contributed by atoms with Gasteiger partial charge in [-0.15, -0.1) is 0 Å². The van der Waals surface area contributed by atoms with Gasteiger partial charge in [-0.3, -0.25) is 4.79 Å². The normalized spacial score (nSPS) is 10.4. The van der Waals surface area contributed by atoms with E-state index in [0.717, 1.165) is 11.0 Å². The molecule has 3 aromatic rings. The third-order valence-corrected chi connectivity index (χ3v) is 3.37. The van der Waals surface area contributed by atoms with E-state index in [1.165, 1.54) is 6.07 Å². The Kier molecular flexibility index (Phi) is 4.02. The second-order valence-corrected chi connectivity index (χ2v) is 5.07. The molecule has 0 unspecified atom stereocenters. The van der Waals surface area contributed by atoms with E-state index in [2.05, 4.69) is 15.3 Å². The number of nitrogens with zero attached hydrogens (tertiary/aromatic N) is 2. The molecule has 2 aromatic carbocycles. The standard InChI is InChI=1S/C17H13FN4O/c18-13-4-2-1-3-11(13)9-16-21-14-6-5-12(10-15(14)22-16)20-17(23)7-8-19/h1-6,10H,7,9H2,(H,20,23)(H,21,22). The summed E-state index contributed by atoms with van der Waals surface area (Å²) in [6.07, 6.45) is 0.164. The quantitative estimate of drug-likeness (QED) is 0.777. The highest BCUT2D eigenvalue weighted by Gasteiger charge is 2.08. The molecule has 1 aromatic heterocycles. The van der Waals surface area contributed by atoms with Crippen molar-refractivity contribution in [3.05, 3.63) is 59.7 Å². The van der Waals surface area contributed by atoms with Gasteiger partial charge in [0.05, 0.1) is 17.1 Å². The summed E-state index contributed by atoms with van der Waals surface area (Å²) in [5, 5.41) is 11.1. The highest BCUT2D eigenvalue weighted by atomic mass is 19.1. The van der Waals surface area contributed by atoms with Crippen LogP contribution in [0.2, 0.25) is 0 Å². The molecule has 0 radical (unpaired) electrons. The zero-order valence-corrected chi connectivity index (χ0v) is 12.1. The van der Waals surface area contributed by atoms with E-state index in [1.807, 2.05) is 0 Å². The maximum atomic E-state index is 13.7. The largest absolute Gasteiger partial charge is 0.342 e. The second kappa shape index (κ2) is 6.28. The molecule has 1 heterocycles. The predicted octanol–water partition coefficient (Wildman–Crippen LogP) is 3.14. The van der Waals surface area contributed by atoms with Gasteiger partial charge in [-0.25, -0.2) is 9.37 Å². The Hall–Kier alpha value is -3.20. The minimum atomic E-state index is -0.363. The summed E-state index contributed by atoms with van der Waals surface area (Å²) in [5.74, 6) is 0.0148. The first-order chi connectivity index (χ1) is 11.2. The maximum absolute atomic E-state index is 13.7. The number of carbonyl (C=O) groups is 1. The van der Waals surface area contributed by atoms with E-state index in [9.17, 15) is 9.18 Å². The van der Waals surface area contributed by atoms with Crippen molar-refractivity contribution in [3.8, 4) is 6.07 Å². The van der Waals surface area contributed by atoms with Gasteiger partial charge in [-0.2, -0.15) is 5.26 Å². The van der Waals surface area contributed by atoms with E-state index in [1.54, 1.807) is 42.5 Å². The molecule has 0 saturated heterocycles.